The van der Waals surface area contributed by atoms with E-state index in [0.29, 0.717) is 22.8 Å². The summed E-state index contributed by atoms with van der Waals surface area (Å²) in [6.07, 6.45) is 1.32. The summed E-state index contributed by atoms with van der Waals surface area (Å²) in [5.41, 5.74) is 1.90. The van der Waals surface area contributed by atoms with Crippen LogP contribution in [0.2, 0.25) is 5.02 Å². The standard InChI is InChI=1S/C29H33ClIN3O4S/c1-21(2)18-32-29(36)27(17-22-9-5-4-6-10-22)33(19-23-11-7-8-12-26(23)30)28(35)20-34(39(3,37)38)25-15-13-24(31)14-16-25/h4-16,21,27H,17-20H2,1-3H3,(H,32,36)/t27-/m0/s1. The highest BCUT2D eigenvalue weighted by atomic mass is 127. The van der Waals surface area contributed by atoms with Crippen LogP contribution in [0.15, 0.2) is 78.9 Å². The third-order valence-electron chi connectivity index (χ3n) is 6.05. The van der Waals surface area contributed by atoms with E-state index < -0.39 is 28.5 Å². The molecule has 1 N–H and O–H groups in total. The number of carbonyl (C=O) groups is 2. The summed E-state index contributed by atoms with van der Waals surface area (Å²) in [7, 11) is -3.81. The van der Waals surface area contributed by atoms with Crippen molar-refractivity contribution in [2.24, 2.45) is 5.92 Å². The van der Waals surface area contributed by atoms with Gasteiger partial charge in [0, 0.05) is 28.1 Å². The van der Waals surface area contributed by atoms with E-state index in [1.54, 1.807) is 42.5 Å². The first-order valence-corrected chi connectivity index (χ1v) is 15.8. The van der Waals surface area contributed by atoms with Gasteiger partial charge < -0.3 is 10.2 Å². The fourth-order valence-corrected chi connectivity index (χ4v) is 5.41. The fourth-order valence-electron chi connectivity index (χ4n) is 4.01. The number of nitrogens with zero attached hydrogens (tertiary/aromatic N) is 2. The van der Waals surface area contributed by atoms with Crippen LogP contribution >= 0.6 is 34.2 Å². The van der Waals surface area contributed by atoms with Crippen molar-refractivity contribution in [1.29, 1.82) is 0 Å². The Kier molecular flexibility index (Phi) is 11.2. The number of hydrogen-bond acceptors (Lipinski definition) is 4. The van der Waals surface area contributed by atoms with Crippen LogP contribution < -0.4 is 9.62 Å². The number of carbonyl (C=O) groups excluding carboxylic acids is 2. The quantitative estimate of drug-likeness (QED) is 0.269. The molecule has 0 radical (unpaired) electrons. The smallest absolute Gasteiger partial charge is 0.244 e. The first-order valence-electron chi connectivity index (χ1n) is 12.5. The Morgan fingerprint density at radius 2 is 1.56 bits per heavy atom. The van der Waals surface area contributed by atoms with Crippen molar-refractivity contribution in [3.8, 4) is 0 Å². The van der Waals surface area contributed by atoms with Gasteiger partial charge >= 0.3 is 0 Å². The van der Waals surface area contributed by atoms with Gasteiger partial charge in [0.05, 0.1) is 11.9 Å². The zero-order chi connectivity index (χ0) is 28.6. The summed E-state index contributed by atoms with van der Waals surface area (Å²) in [6, 6.07) is 22.5. The van der Waals surface area contributed by atoms with Gasteiger partial charge in [-0.25, -0.2) is 8.42 Å². The van der Waals surface area contributed by atoms with Gasteiger partial charge in [-0.15, -0.1) is 0 Å². The first-order chi connectivity index (χ1) is 18.5. The third-order valence-corrected chi connectivity index (χ3v) is 8.28. The van der Waals surface area contributed by atoms with Crippen molar-refractivity contribution in [2.45, 2.75) is 32.9 Å². The normalized spacial score (nSPS) is 12.2. The highest BCUT2D eigenvalue weighted by molar-refractivity contribution is 14.1. The minimum Gasteiger partial charge on any atom is -0.354 e. The summed E-state index contributed by atoms with van der Waals surface area (Å²) < 4.78 is 27.6. The van der Waals surface area contributed by atoms with E-state index in [2.05, 4.69) is 27.9 Å². The molecule has 3 aromatic rings. The van der Waals surface area contributed by atoms with Crippen LogP contribution in [0.3, 0.4) is 0 Å². The fraction of sp³-hybridized carbons (Fsp3) is 0.310. The van der Waals surface area contributed by atoms with E-state index in [1.807, 2.05) is 50.2 Å². The first kappa shape index (κ1) is 30.9. The van der Waals surface area contributed by atoms with Gasteiger partial charge in [-0.05, 0) is 70.0 Å². The van der Waals surface area contributed by atoms with E-state index in [4.69, 9.17) is 11.6 Å². The van der Waals surface area contributed by atoms with Crippen LogP contribution in [0.1, 0.15) is 25.0 Å². The second-order valence-corrected chi connectivity index (χ2v) is 13.3. The van der Waals surface area contributed by atoms with Crippen LogP contribution in [0.4, 0.5) is 5.69 Å². The van der Waals surface area contributed by atoms with Crippen molar-refractivity contribution >= 4 is 61.7 Å². The van der Waals surface area contributed by atoms with Crippen LogP contribution in [0, 0.1) is 9.49 Å². The van der Waals surface area contributed by atoms with Gasteiger partial charge in [0.1, 0.15) is 12.6 Å². The molecule has 0 bridgehead atoms. The third kappa shape index (κ3) is 9.22. The molecule has 0 saturated heterocycles. The van der Waals surface area contributed by atoms with E-state index in [1.165, 1.54) is 4.90 Å². The lowest BCUT2D eigenvalue weighted by Crippen LogP contribution is -2.53. The van der Waals surface area contributed by atoms with Crippen LogP contribution in [0.25, 0.3) is 0 Å². The van der Waals surface area contributed by atoms with Gasteiger partial charge in [0.15, 0.2) is 0 Å². The molecule has 2 amide bonds. The second kappa shape index (κ2) is 14.1. The Labute approximate surface area is 249 Å². The average molecular weight is 682 g/mol. The summed E-state index contributed by atoms with van der Waals surface area (Å²) in [5.74, 6) is -0.617. The van der Waals surface area contributed by atoms with Gasteiger partial charge in [0.2, 0.25) is 21.8 Å². The zero-order valence-electron chi connectivity index (χ0n) is 22.2. The Morgan fingerprint density at radius 3 is 2.15 bits per heavy atom. The molecule has 39 heavy (non-hydrogen) atoms. The maximum atomic E-state index is 14.0. The van der Waals surface area contributed by atoms with Crippen molar-refractivity contribution in [2.75, 3.05) is 23.7 Å². The number of benzene rings is 3. The van der Waals surface area contributed by atoms with Gasteiger partial charge in [-0.3, -0.25) is 13.9 Å². The molecule has 0 aromatic heterocycles. The topological polar surface area (TPSA) is 86.8 Å². The molecular formula is C29H33ClIN3O4S. The van der Waals surface area contributed by atoms with Crippen LogP contribution in [-0.2, 0) is 32.6 Å². The zero-order valence-corrected chi connectivity index (χ0v) is 25.9. The molecular weight excluding hydrogens is 649 g/mol. The van der Waals surface area contributed by atoms with Gasteiger partial charge in [-0.2, -0.15) is 0 Å². The van der Waals surface area contributed by atoms with Gasteiger partial charge in [-0.1, -0.05) is 74.0 Å². The monoisotopic (exact) mass is 681 g/mol. The minimum atomic E-state index is -3.81. The molecule has 3 aromatic carbocycles. The molecule has 7 nitrogen and oxygen atoms in total. The number of hydrogen-bond donors (Lipinski definition) is 1. The lowest BCUT2D eigenvalue weighted by molar-refractivity contribution is -0.140. The Hall–Kier alpha value is -2.63. The summed E-state index contributed by atoms with van der Waals surface area (Å²) in [5, 5.41) is 3.41. The summed E-state index contributed by atoms with van der Waals surface area (Å²) >= 11 is 8.59. The number of sulfonamides is 1. The molecule has 10 heteroatoms. The maximum absolute atomic E-state index is 14.0. The molecule has 0 spiro atoms. The molecule has 0 aliphatic rings. The molecule has 0 heterocycles. The number of nitrogens with one attached hydrogen (secondary N) is 1. The van der Waals surface area contributed by atoms with E-state index in [-0.39, 0.29) is 24.8 Å². The molecule has 3 rings (SSSR count). The largest absolute Gasteiger partial charge is 0.354 e. The number of amides is 2. The highest BCUT2D eigenvalue weighted by Crippen LogP contribution is 2.23. The van der Waals surface area contributed by atoms with E-state index in [0.717, 1.165) is 19.7 Å². The maximum Gasteiger partial charge on any atom is 0.244 e. The molecule has 0 unspecified atom stereocenters. The van der Waals surface area contributed by atoms with Crippen LogP contribution in [-0.4, -0.2) is 50.5 Å². The molecule has 0 aliphatic heterocycles. The average Bonchev–Trinajstić information content (AvgIpc) is 2.89. The predicted molar refractivity (Wildman–Crippen MR) is 165 cm³/mol. The summed E-state index contributed by atoms with van der Waals surface area (Å²) in [6.45, 7) is 3.99. The van der Waals surface area contributed by atoms with E-state index in [9.17, 15) is 18.0 Å². The Bertz CT molecular complexity index is 1370. The highest BCUT2D eigenvalue weighted by Gasteiger charge is 2.33. The minimum absolute atomic E-state index is 0.0371. The van der Waals surface area contributed by atoms with E-state index >= 15 is 0 Å². The lowest BCUT2D eigenvalue weighted by Gasteiger charge is -2.34. The van der Waals surface area contributed by atoms with Gasteiger partial charge in [0.25, 0.3) is 0 Å². The molecule has 1 atom stereocenters. The Morgan fingerprint density at radius 1 is 0.949 bits per heavy atom. The second-order valence-electron chi connectivity index (χ2n) is 9.70. The van der Waals surface area contributed by atoms with Crippen LogP contribution in [0.5, 0.6) is 0 Å². The lowest BCUT2D eigenvalue weighted by atomic mass is 10.0. The number of halogens is 2. The summed E-state index contributed by atoms with van der Waals surface area (Å²) in [4.78, 5) is 29.1. The van der Waals surface area contributed by atoms with Crippen molar-refractivity contribution in [3.05, 3.63) is 98.6 Å². The number of rotatable bonds is 12. The Balaban J connectivity index is 2.05. The molecule has 0 fully saturated rings. The molecule has 0 aliphatic carbocycles. The van der Waals surface area contributed by atoms with Crippen molar-refractivity contribution in [1.82, 2.24) is 10.2 Å². The molecule has 0 saturated carbocycles. The SMILES string of the molecule is CC(C)CNC(=O)[C@H](Cc1ccccc1)N(Cc1ccccc1Cl)C(=O)CN(c1ccc(I)cc1)S(C)(=O)=O. The van der Waals surface area contributed by atoms with Crippen molar-refractivity contribution < 1.29 is 18.0 Å². The molecule has 208 valence electrons. The number of anilines is 1. The predicted octanol–water partition coefficient (Wildman–Crippen LogP) is 5.12. The van der Waals surface area contributed by atoms with Crippen molar-refractivity contribution in [3.63, 3.8) is 0 Å².